The van der Waals surface area contributed by atoms with Crippen LogP contribution in [0.3, 0.4) is 0 Å². The number of hydrogen-bond donors (Lipinski definition) is 2. The Morgan fingerprint density at radius 1 is 1.35 bits per heavy atom. The monoisotopic (exact) mass is 231 g/mol. The van der Waals surface area contributed by atoms with Gasteiger partial charge in [-0.05, 0) is 36.7 Å². The third-order valence-corrected chi connectivity index (χ3v) is 3.20. The minimum atomic E-state index is -0.223. The lowest BCUT2D eigenvalue weighted by atomic mass is 10.00. The highest BCUT2D eigenvalue weighted by Crippen LogP contribution is 2.29. The van der Waals surface area contributed by atoms with Crippen LogP contribution < -0.4 is 11.2 Å². The molecule has 0 fully saturated rings. The number of rotatable bonds is 1. The van der Waals surface area contributed by atoms with Crippen LogP contribution in [0.1, 0.15) is 12.0 Å². The number of nitrogen functional groups attached to an aromatic ring is 1. The maximum atomic E-state index is 13.3. The van der Waals surface area contributed by atoms with Crippen LogP contribution in [0.5, 0.6) is 0 Å². The molecule has 1 aliphatic heterocycles. The Morgan fingerprint density at radius 2 is 2.24 bits per heavy atom. The number of nitrogens with two attached hydrogens (primary N) is 1. The predicted octanol–water partition coefficient (Wildman–Crippen LogP) is 1.87. The summed E-state index contributed by atoms with van der Waals surface area (Å²) in [7, 11) is 0. The van der Waals surface area contributed by atoms with E-state index < -0.39 is 0 Å². The molecule has 0 aliphatic carbocycles. The Labute approximate surface area is 98.7 Å². The van der Waals surface area contributed by atoms with Gasteiger partial charge in [0.05, 0.1) is 5.52 Å². The molecule has 0 spiro atoms. The fraction of sp³-hybridized carbons (Fsp3) is 0.231. The Balaban J connectivity index is 2.22. The second kappa shape index (κ2) is 3.89. The van der Waals surface area contributed by atoms with Gasteiger partial charge in [0.2, 0.25) is 0 Å². The zero-order valence-corrected chi connectivity index (χ0v) is 9.41. The van der Waals surface area contributed by atoms with E-state index in [1.54, 1.807) is 16.8 Å². The summed E-state index contributed by atoms with van der Waals surface area (Å²) >= 11 is 0. The zero-order valence-electron chi connectivity index (χ0n) is 9.41. The second-order valence-corrected chi connectivity index (χ2v) is 4.30. The average molecular weight is 231 g/mol. The highest BCUT2D eigenvalue weighted by atomic mass is 19.1. The summed E-state index contributed by atoms with van der Waals surface area (Å²) in [5.74, 6) is 5.66. The fourth-order valence-corrected chi connectivity index (χ4v) is 2.35. The maximum absolute atomic E-state index is 13.3. The van der Waals surface area contributed by atoms with Gasteiger partial charge in [-0.3, -0.25) is 4.68 Å². The van der Waals surface area contributed by atoms with Crippen molar-refractivity contribution in [3.8, 4) is 0 Å². The second-order valence-electron chi connectivity index (χ2n) is 4.30. The smallest absolute Gasteiger partial charge is 0.123 e. The zero-order chi connectivity index (χ0) is 11.8. The number of halogens is 1. The molecular formula is C13H14FN3. The van der Waals surface area contributed by atoms with E-state index in [0.29, 0.717) is 0 Å². The molecule has 0 saturated heterocycles. The van der Waals surface area contributed by atoms with E-state index in [1.165, 1.54) is 11.6 Å². The molecular weight excluding hydrogens is 217 g/mol. The molecule has 3 rings (SSSR count). The Morgan fingerprint density at radius 3 is 3.00 bits per heavy atom. The minimum Gasteiger partial charge on any atom is -0.339 e. The van der Waals surface area contributed by atoms with E-state index in [1.807, 2.05) is 6.20 Å². The van der Waals surface area contributed by atoms with E-state index in [2.05, 4.69) is 11.4 Å². The van der Waals surface area contributed by atoms with E-state index in [0.717, 1.165) is 36.0 Å². The average Bonchev–Trinajstić information content (AvgIpc) is 2.67. The van der Waals surface area contributed by atoms with Crippen LogP contribution >= 0.6 is 0 Å². The van der Waals surface area contributed by atoms with Gasteiger partial charge in [-0.2, -0.15) is 0 Å². The summed E-state index contributed by atoms with van der Waals surface area (Å²) in [6.07, 6.45) is 4.97. The number of nitrogens with one attached hydrogen (secondary N) is 1. The number of benzene rings is 1. The summed E-state index contributed by atoms with van der Waals surface area (Å²) in [6.45, 7) is 1.82. The number of fused-ring (bicyclic) bond motifs is 1. The lowest BCUT2D eigenvalue weighted by molar-refractivity contribution is 0.629. The van der Waals surface area contributed by atoms with Crippen molar-refractivity contribution >= 4 is 16.5 Å². The number of hydrogen-bond acceptors (Lipinski definition) is 2. The van der Waals surface area contributed by atoms with Crippen molar-refractivity contribution in [3.63, 3.8) is 0 Å². The molecule has 0 radical (unpaired) electrons. The van der Waals surface area contributed by atoms with Gasteiger partial charge in [0.15, 0.2) is 0 Å². The summed E-state index contributed by atoms with van der Waals surface area (Å²) < 4.78 is 14.9. The topological polar surface area (TPSA) is 43.0 Å². The van der Waals surface area contributed by atoms with Crippen molar-refractivity contribution in [1.82, 2.24) is 9.99 Å². The van der Waals surface area contributed by atoms with Crippen LogP contribution in [-0.4, -0.2) is 17.8 Å². The van der Waals surface area contributed by atoms with Crippen molar-refractivity contribution in [2.45, 2.75) is 6.42 Å². The van der Waals surface area contributed by atoms with Crippen LogP contribution in [0.25, 0.3) is 16.5 Å². The van der Waals surface area contributed by atoms with E-state index in [-0.39, 0.29) is 5.82 Å². The first kappa shape index (κ1) is 10.4. The van der Waals surface area contributed by atoms with Crippen molar-refractivity contribution in [2.24, 2.45) is 0 Å². The van der Waals surface area contributed by atoms with Crippen molar-refractivity contribution in [1.29, 1.82) is 0 Å². The van der Waals surface area contributed by atoms with Gasteiger partial charge in [-0.1, -0.05) is 6.08 Å². The first-order valence-corrected chi connectivity index (χ1v) is 5.71. The van der Waals surface area contributed by atoms with Crippen LogP contribution in [0.2, 0.25) is 0 Å². The van der Waals surface area contributed by atoms with Crippen LogP contribution in [-0.2, 0) is 0 Å². The molecule has 4 heteroatoms. The molecule has 0 unspecified atom stereocenters. The predicted molar refractivity (Wildman–Crippen MR) is 67.5 cm³/mol. The molecule has 3 nitrogen and oxygen atoms in total. The van der Waals surface area contributed by atoms with Gasteiger partial charge in [-0.25, -0.2) is 4.39 Å². The van der Waals surface area contributed by atoms with E-state index in [9.17, 15) is 4.39 Å². The molecule has 2 heterocycles. The number of aromatic nitrogens is 1. The third-order valence-electron chi connectivity index (χ3n) is 3.20. The Bertz CT molecular complexity index is 598. The number of nitrogens with zero attached hydrogens (tertiary/aromatic N) is 1. The van der Waals surface area contributed by atoms with Gasteiger partial charge in [-0.15, -0.1) is 0 Å². The first-order valence-electron chi connectivity index (χ1n) is 5.71. The molecule has 0 atom stereocenters. The van der Waals surface area contributed by atoms with Crippen molar-refractivity contribution in [2.75, 3.05) is 18.9 Å². The molecule has 1 aromatic carbocycles. The molecule has 1 aliphatic rings. The molecule has 17 heavy (non-hydrogen) atoms. The molecule has 1 aromatic heterocycles. The van der Waals surface area contributed by atoms with Crippen molar-refractivity contribution < 1.29 is 4.39 Å². The molecule has 2 aromatic rings. The van der Waals surface area contributed by atoms with Gasteiger partial charge >= 0.3 is 0 Å². The van der Waals surface area contributed by atoms with Crippen LogP contribution in [0.4, 0.5) is 4.39 Å². The lowest BCUT2D eigenvalue weighted by Gasteiger charge is -2.13. The minimum absolute atomic E-state index is 0.223. The summed E-state index contributed by atoms with van der Waals surface area (Å²) in [6, 6.07) is 4.71. The van der Waals surface area contributed by atoms with E-state index in [4.69, 9.17) is 5.84 Å². The molecule has 0 saturated carbocycles. The summed E-state index contributed by atoms with van der Waals surface area (Å²) in [5, 5.41) is 4.15. The van der Waals surface area contributed by atoms with Gasteiger partial charge in [0, 0.05) is 23.7 Å². The normalized spacial score (nSPS) is 16.2. The van der Waals surface area contributed by atoms with Gasteiger partial charge < -0.3 is 11.2 Å². The first-order chi connectivity index (χ1) is 8.25. The quantitative estimate of drug-likeness (QED) is 0.736. The molecule has 88 valence electrons. The SMILES string of the molecule is Nn1cc(C2=CCNCC2)c2cc(F)ccc21. The highest BCUT2D eigenvalue weighted by Gasteiger charge is 2.13. The summed E-state index contributed by atoms with van der Waals surface area (Å²) in [4.78, 5) is 0. The Hall–Kier alpha value is -1.81. The molecule has 0 bridgehead atoms. The molecule has 3 N–H and O–H groups in total. The van der Waals surface area contributed by atoms with Gasteiger partial charge in [0.1, 0.15) is 5.82 Å². The largest absolute Gasteiger partial charge is 0.339 e. The lowest BCUT2D eigenvalue weighted by Crippen LogP contribution is -2.20. The van der Waals surface area contributed by atoms with Crippen molar-refractivity contribution in [3.05, 3.63) is 41.9 Å². The fourth-order valence-electron chi connectivity index (χ4n) is 2.35. The molecule has 0 amide bonds. The van der Waals surface area contributed by atoms with E-state index >= 15 is 0 Å². The standard InChI is InChI=1S/C13H14FN3/c14-10-1-2-13-11(7-10)12(8-17(13)15)9-3-5-16-6-4-9/h1-3,7-8,16H,4-6,15H2. The Kier molecular flexibility index (Phi) is 2.37. The third kappa shape index (κ3) is 1.70. The maximum Gasteiger partial charge on any atom is 0.123 e. The van der Waals surface area contributed by atoms with Gasteiger partial charge in [0.25, 0.3) is 0 Å². The van der Waals surface area contributed by atoms with Crippen LogP contribution in [0.15, 0.2) is 30.5 Å². The highest BCUT2D eigenvalue weighted by molar-refractivity contribution is 5.93. The summed E-state index contributed by atoms with van der Waals surface area (Å²) in [5.41, 5.74) is 3.15. The van der Waals surface area contributed by atoms with Crippen LogP contribution in [0, 0.1) is 5.82 Å².